The van der Waals surface area contributed by atoms with Gasteiger partial charge >= 0.3 is 0 Å². The van der Waals surface area contributed by atoms with Crippen LogP contribution in [0.5, 0.6) is 0 Å². The van der Waals surface area contributed by atoms with Gasteiger partial charge in [-0.1, -0.05) is 0 Å². The Hall–Kier alpha value is -0.740. The molecule has 0 unspecified atom stereocenters. The van der Waals surface area contributed by atoms with Crippen molar-refractivity contribution in [3.8, 4) is 0 Å². The van der Waals surface area contributed by atoms with E-state index in [1.807, 2.05) is 0 Å². The average Bonchev–Trinajstić information content (AvgIpc) is 1.82. The summed E-state index contributed by atoms with van der Waals surface area (Å²) >= 11 is 0. The third-order valence-electron chi connectivity index (χ3n) is 1.37. The van der Waals surface area contributed by atoms with Gasteiger partial charge in [-0.2, -0.15) is 0 Å². The third kappa shape index (κ3) is 1.22. The van der Waals surface area contributed by atoms with Gasteiger partial charge in [0.1, 0.15) is 6.10 Å². The summed E-state index contributed by atoms with van der Waals surface area (Å²) in [6.45, 7) is 1.45. The van der Waals surface area contributed by atoms with E-state index in [9.17, 15) is 9.59 Å². The van der Waals surface area contributed by atoms with Crippen molar-refractivity contribution in [3.05, 3.63) is 0 Å². The molecule has 0 radical (unpaired) electrons. The van der Waals surface area contributed by atoms with Gasteiger partial charge in [-0.3, -0.25) is 9.59 Å². The number of hydrogen-bond acceptors (Lipinski definition) is 4. The molecule has 0 spiro atoms. The number of ketones is 2. The zero-order valence-electron chi connectivity index (χ0n) is 5.53. The van der Waals surface area contributed by atoms with Gasteiger partial charge in [-0.25, -0.2) is 0 Å². The summed E-state index contributed by atoms with van der Waals surface area (Å²) in [5, 5.41) is 8.77. The monoisotopic (exact) mass is 144 g/mol. The average molecular weight is 144 g/mol. The van der Waals surface area contributed by atoms with Crippen LogP contribution in [0.3, 0.4) is 0 Å². The maximum Gasteiger partial charge on any atom is 0.227 e. The van der Waals surface area contributed by atoms with Crippen LogP contribution in [0.15, 0.2) is 0 Å². The van der Waals surface area contributed by atoms with E-state index in [2.05, 4.69) is 4.74 Å². The van der Waals surface area contributed by atoms with Gasteiger partial charge in [0.25, 0.3) is 0 Å². The fourth-order valence-corrected chi connectivity index (χ4v) is 0.831. The van der Waals surface area contributed by atoms with Crippen LogP contribution in [-0.2, 0) is 14.3 Å². The molecule has 10 heavy (non-hydrogen) atoms. The molecule has 0 aromatic carbocycles. The van der Waals surface area contributed by atoms with E-state index in [4.69, 9.17) is 5.11 Å². The standard InChI is InChI=1S/C6H8O4/c1-3-6(9)4(7)2-5(8)10-3/h3,5,8H,2H2,1H3/t3-,5+/m1/s1. The van der Waals surface area contributed by atoms with Crippen molar-refractivity contribution in [2.24, 2.45) is 0 Å². The van der Waals surface area contributed by atoms with E-state index in [1.165, 1.54) is 6.92 Å². The number of Topliss-reactive ketones (excluding diaryl/α,β-unsaturated/α-hetero) is 2. The first-order valence-electron chi connectivity index (χ1n) is 3.02. The lowest BCUT2D eigenvalue weighted by Gasteiger charge is -2.20. The zero-order chi connectivity index (χ0) is 7.72. The van der Waals surface area contributed by atoms with Gasteiger partial charge in [0.05, 0.1) is 6.42 Å². The topological polar surface area (TPSA) is 63.6 Å². The zero-order valence-corrected chi connectivity index (χ0v) is 5.53. The van der Waals surface area contributed by atoms with E-state index in [1.54, 1.807) is 0 Å². The number of rotatable bonds is 0. The van der Waals surface area contributed by atoms with Crippen LogP contribution in [0.25, 0.3) is 0 Å². The van der Waals surface area contributed by atoms with Gasteiger partial charge < -0.3 is 9.84 Å². The molecule has 1 rings (SSSR count). The Morgan fingerprint density at radius 2 is 2.20 bits per heavy atom. The molecule has 1 fully saturated rings. The van der Waals surface area contributed by atoms with Crippen LogP contribution >= 0.6 is 0 Å². The summed E-state index contributed by atoms with van der Waals surface area (Å²) in [6.07, 6.45) is -2.08. The molecule has 1 N–H and O–H groups in total. The largest absolute Gasteiger partial charge is 0.368 e. The first-order chi connectivity index (χ1) is 4.61. The minimum absolute atomic E-state index is 0.205. The number of hydrogen-bond donors (Lipinski definition) is 1. The van der Waals surface area contributed by atoms with Crippen LogP contribution in [0.2, 0.25) is 0 Å². The predicted octanol–water partition coefficient (Wildman–Crippen LogP) is -0.748. The molecular formula is C6H8O4. The molecule has 1 aliphatic heterocycles. The van der Waals surface area contributed by atoms with Gasteiger partial charge in [0.2, 0.25) is 11.6 Å². The summed E-state index contributed by atoms with van der Waals surface area (Å²) in [5.74, 6) is -1.10. The highest BCUT2D eigenvalue weighted by molar-refractivity contribution is 6.39. The fourth-order valence-electron chi connectivity index (χ4n) is 0.831. The Bertz CT molecular complexity index is 175. The van der Waals surface area contributed by atoms with Crippen LogP contribution in [0.1, 0.15) is 13.3 Å². The van der Waals surface area contributed by atoms with Crippen molar-refractivity contribution in [2.45, 2.75) is 25.7 Å². The number of ether oxygens (including phenoxy) is 1. The van der Waals surface area contributed by atoms with Crippen molar-refractivity contribution in [2.75, 3.05) is 0 Å². The smallest absolute Gasteiger partial charge is 0.227 e. The van der Waals surface area contributed by atoms with Gasteiger partial charge in [-0.15, -0.1) is 0 Å². The third-order valence-corrected chi connectivity index (χ3v) is 1.37. The van der Waals surface area contributed by atoms with E-state index in [0.717, 1.165) is 0 Å². The number of carbonyl (C=O) groups is 2. The van der Waals surface area contributed by atoms with Crippen LogP contribution < -0.4 is 0 Å². The van der Waals surface area contributed by atoms with E-state index in [0.29, 0.717) is 0 Å². The number of carbonyl (C=O) groups excluding carboxylic acids is 2. The number of aliphatic hydroxyl groups is 1. The molecule has 2 atom stereocenters. The molecule has 1 heterocycles. The van der Waals surface area contributed by atoms with Crippen molar-refractivity contribution in [1.29, 1.82) is 0 Å². The minimum Gasteiger partial charge on any atom is -0.368 e. The van der Waals surface area contributed by atoms with E-state index >= 15 is 0 Å². The molecule has 0 aliphatic carbocycles. The molecule has 0 aromatic rings. The Kier molecular flexibility index (Phi) is 1.82. The minimum atomic E-state index is -1.10. The second-order valence-corrected chi connectivity index (χ2v) is 2.22. The maximum atomic E-state index is 10.7. The second-order valence-electron chi connectivity index (χ2n) is 2.22. The highest BCUT2D eigenvalue weighted by atomic mass is 16.6. The lowest BCUT2D eigenvalue weighted by atomic mass is 10.1. The van der Waals surface area contributed by atoms with Gasteiger partial charge in [0, 0.05) is 0 Å². The van der Waals surface area contributed by atoms with E-state index < -0.39 is 24.0 Å². The lowest BCUT2D eigenvalue weighted by molar-refractivity contribution is -0.178. The molecule has 0 amide bonds. The van der Waals surface area contributed by atoms with Crippen LogP contribution in [0, 0.1) is 0 Å². The summed E-state index contributed by atoms with van der Waals surface area (Å²) in [7, 11) is 0. The first kappa shape index (κ1) is 7.37. The lowest BCUT2D eigenvalue weighted by Crippen LogP contribution is -2.40. The number of aliphatic hydroxyl groups excluding tert-OH is 1. The SMILES string of the molecule is C[C@H]1O[C@H](O)CC(=O)C1=O. The van der Waals surface area contributed by atoms with Gasteiger partial charge in [-0.05, 0) is 6.92 Å². The summed E-state index contributed by atoms with van der Waals surface area (Å²) in [6, 6.07) is 0. The Morgan fingerprint density at radius 3 is 2.70 bits per heavy atom. The highest BCUT2D eigenvalue weighted by Crippen LogP contribution is 2.10. The Balaban J connectivity index is 2.66. The van der Waals surface area contributed by atoms with Crippen molar-refractivity contribution in [3.63, 3.8) is 0 Å². The van der Waals surface area contributed by atoms with E-state index in [-0.39, 0.29) is 6.42 Å². The van der Waals surface area contributed by atoms with Crippen molar-refractivity contribution in [1.82, 2.24) is 0 Å². The maximum absolute atomic E-state index is 10.7. The quantitative estimate of drug-likeness (QED) is 0.454. The molecule has 1 saturated heterocycles. The van der Waals surface area contributed by atoms with Crippen molar-refractivity contribution < 1.29 is 19.4 Å². The second kappa shape index (κ2) is 2.48. The van der Waals surface area contributed by atoms with Crippen molar-refractivity contribution >= 4 is 11.6 Å². The molecule has 4 heteroatoms. The van der Waals surface area contributed by atoms with Crippen LogP contribution in [0.4, 0.5) is 0 Å². The molecule has 0 saturated carbocycles. The normalized spacial score (nSPS) is 34.6. The molecule has 0 aromatic heterocycles. The van der Waals surface area contributed by atoms with Gasteiger partial charge in [0.15, 0.2) is 6.29 Å². The molecular weight excluding hydrogens is 136 g/mol. The molecule has 56 valence electrons. The summed E-state index contributed by atoms with van der Waals surface area (Å²) in [5.41, 5.74) is 0. The molecule has 1 aliphatic rings. The molecule has 0 bridgehead atoms. The summed E-state index contributed by atoms with van der Waals surface area (Å²) < 4.78 is 4.65. The Labute approximate surface area is 57.8 Å². The Morgan fingerprint density at radius 1 is 1.60 bits per heavy atom. The molecule has 4 nitrogen and oxygen atoms in total. The highest BCUT2D eigenvalue weighted by Gasteiger charge is 2.31. The summed E-state index contributed by atoms with van der Waals surface area (Å²) in [4.78, 5) is 21.3. The van der Waals surface area contributed by atoms with Crippen LogP contribution in [-0.4, -0.2) is 29.1 Å². The predicted molar refractivity (Wildman–Crippen MR) is 31.2 cm³/mol. The first-order valence-corrected chi connectivity index (χ1v) is 3.02. The fraction of sp³-hybridized carbons (Fsp3) is 0.667.